The molecule has 1 aromatic carbocycles. The molecule has 128 valence electrons. The van der Waals surface area contributed by atoms with E-state index in [4.69, 9.17) is 5.73 Å². The van der Waals surface area contributed by atoms with E-state index >= 15 is 0 Å². The number of hydrogen-bond acceptors (Lipinski definition) is 5. The Labute approximate surface area is 145 Å². The lowest BCUT2D eigenvalue weighted by Gasteiger charge is -2.30. The van der Waals surface area contributed by atoms with Crippen molar-refractivity contribution < 1.29 is 4.79 Å². The number of carbonyl (C=O) groups excluding carboxylic acids is 1. The summed E-state index contributed by atoms with van der Waals surface area (Å²) >= 11 is 0. The Morgan fingerprint density at radius 1 is 1.16 bits per heavy atom. The Kier molecular flexibility index (Phi) is 4.05. The van der Waals surface area contributed by atoms with Crippen molar-refractivity contribution in [3.8, 4) is 5.69 Å². The Morgan fingerprint density at radius 2 is 1.96 bits per heavy atom. The van der Waals surface area contributed by atoms with E-state index in [1.165, 1.54) is 6.33 Å². The van der Waals surface area contributed by atoms with Crippen LogP contribution in [0.4, 0.5) is 5.82 Å². The average Bonchev–Trinajstić information content (AvgIpc) is 3.08. The van der Waals surface area contributed by atoms with Gasteiger partial charge in [-0.15, -0.1) is 0 Å². The summed E-state index contributed by atoms with van der Waals surface area (Å²) in [5, 5.41) is 8.70. The molecule has 2 heterocycles. The van der Waals surface area contributed by atoms with E-state index in [0.717, 1.165) is 42.4 Å². The van der Waals surface area contributed by atoms with Crippen molar-refractivity contribution in [2.24, 2.45) is 11.7 Å². The number of primary amides is 1. The van der Waals surface area contributed by atoms with Crippen LogP contribution in [0.1, 0.15) is 25.7 Å². The molecule has 3 N–H and O–H groups in total. The van der Waals surface area contributed by atoms with Crippen LogP contribution < -0.4 is 11.1 Å². The first-order chi connectivity index (χ1) is 12.2. The minimum atomic E-state index is -0.248. The molecule has 1 aliphatic rings. The third-order valence-electron chi connectivity index (χ3n) is 4.82. The highest BCUT2D eigenvalue weighted by Gasteiger charge is 2.30. The first-order valence-electron chi connectivity index (χ1n) is 8.54. The fraction of sp³-hybridized carbons (Fsp3) is 0.333. The van der Waals surface area contributed by atoms with Gasteiger partial charge in [-0.3, -0.25) is 4.79 Å². The first-order valence-corrected chi connectivity index (χ1v) is 8.54. The van der Waals surface area contributed by atoms with Crippen molar-refractivity contribution in [2.75, 3.05) is 5.32 Å². The van der Waals surface area contributed by atoms with Gasteiger partial charge in [-0.25, -0.2) is 14.6 Å². The number of aromatic nitrogens is 4. The normalized spacial score (nSPS) is 20.5. The molecule has 1 fully saturated rings. The molecule has 1 amide bonds. The molecular weight excluding hydrogens is 316 g/mol. The van der Waals surface area contributed by atoms with E-state index in [0.29, 0.717) is 5.82 Å². The summed E-state index contributed by atoms with van der Waals surface area (Å²) in [6.07, 6.45) is 7.13. The summed E-state index contributed by atoms with van der Waals surface area (Å²) in [5.41, 5.74) is 7.25. The molecule has 2 atom stereocenters. The number of nitrogens with zero attached hydrogens (tertiary/aromatic N) is 4. The van der Waals surface area contributed by atoms with Crippen LogP contribution in [0.15, 0.2) is 42.9 Å². The quantitative estimate of drug-likeness (QED) is 0.761. The van der Waals surface area contributed by atoms with Crippen LogP contribution >= 0.6 is 0 Å². The van der Waals surface area contributed by atoms with Gasteiger partial charge < -0.3 is 11.1 Å². The SMILES string of the molecule is NC(=O)C1CCCCC1Nc1ncnc2c1cnn2-c1ccccc1. The zero-order valence-electron chi connectivity index (χ0n) is 13.8. The average molecular weight is 336 g/mol. The molecule has 4 rings (SSSR count). The van der Waals surface area contributed by atoms with Crippen molar-refractivity contribution in [3.63, 3.8) is 0 Å². The van der Waals surface area contributed by atoms with Crippen LogP contribution in [-0.4, -0.2) is 31.7 Å². The molecule has 0 saturated heterocycles. The largest absolute Gasteiger partial charge is 0.369 e. The van der Waals surface area contributed by atoms with E-state index in [9.17, 15) is 4.79 Å². The summed E-state index contributed by atoms with van der Waals surface area (Å²) in [4.78, 5) is 20.5. The summed E-state index contributed by atoms with van der Waals surface area (Å²) in [6, 6.07) is 9.84. The summed E-state index contributed by atoms with van der Waals surface area (Å²) < 4.78 is 1.79. The number of para-hydroxylation sites is 1. The standard InChI is InChI=1S/C18H20N6O/c19-16(25)13-8-4-5-9-15(13)23-17-14-10-22-24(18(14)21-11-20-17)12-6-2-1-3-7-12/h1-3,6-7,10-11,13,15H,4-5,8-9H2,(H2,19,25)(H,20,21,23). The zero-order chi connectivity index (χ0) is 17.2. The first kappa shape index (κ1) is 15.6. The third-order valence-corrected chi connectivity index (χ3v) is 4.82. The molecule has 1 saturated carbocycles. The van der Waals surface area contributed by atoms with Gasteiger partial charge in [0.2, 0.25) is 5.91 Å². The van der Waals surface area contributed by atoms with E-state index in [1.807, 2.05) is 30.3 Å². The predicted molar refractivity (Wildman–Crippen MR) is 95.2 cm³/mol. The van der Waals surface area contributed by atoms with E-state index in [1.54, 1.807) is 10.9 Å². The Balaban J connectivity index is 1.69. The monoisotopic (exact) mass is 336 g/mol. The Bertz CT molecular complexity index is 891. The molecule has 7 nitrogen and oxygen atoms in total. The highest BCUT2D eigenvalue weighted by atomic mass is 16.1. The van der Waals surface area contributed by atoms with Crippen molar-refractivity contribution in [2.45, 2.75) is 31.7 Å². The van der Waals surface area contributed by atoms with E-state index < -0.39 is 0 Å². The fourth-order valence-corrected chi connectivity index (χ4v) is 3.54. The van der Waals surface area contributed by atoms with Crippen molar-refractivity contribution in [1.29, 1.82) is 0 Å². The number of anilines is 1. The third kappa shape index (κ3) is 2.93. The smallest absolute Gasteiger partial charge is 0.222 e. The highest BCUT2D eigenvalue weighted by molar-refractivity contribution is 5.87. The number of nitrogens with one attached hydrogen (secondary N) is 1. The van der Waals surface area contributed by atoms with Gasteiger partial charge in [0.15, 0.2) is 5.65 Å². The number of amides is 1. The van der Waals surface area contributed by atoms with Crippen molar-refractivity contribution in [3.05, 3.63) is 42.9 Å². The fourth-order valence-electron chi connectivity index (χ4n) is 3.54. The second-order valence-electron chi connectivity index (χ2n) is 6.40. The van der Waals surface area contributed by atoms with E-state index in [-0.39, 0.29) is 17.9 Å². The number of benzene rings is 1. The van der Waals surface area contributed by atoms with Gasteiger partial charge in [0.05, 0.1) is 23.2 Å². The highest BCUT2D eigenvalue weighted by Crippen LogP contribution is 2.29. The van der Waals surface area contributed by atoms with Crippen LogP contribution in [0, 0.1) is 5.92 Å². The second-order valence-corrected chi connectivity index (χ2v) is 6.40. The molecule has 2 unspecified atom stereocenters. The van der Waals surface area contributed by atoms with Crippen LogP contribution in [0.3, 0.4) is 0 Å². The zero-order valence-corrected chi connectivity index (χ0v) is 13.8. The van der Waals surface area contributed by atoms with Gasteiger partial charge in [0, 0.05) is 6.04 Å². The Morgan fingerprint density at radius 3 is 2.76 bits per heavy atom. The van der Waals surface area contributed by atoms with Gasteiger partial charge in [0.1, 0.15) is 12.1 Å². The number of carbonyl (C=O) groups is 1. The number of fused-ring (bicyclic) bond motifs is 1. The Hall–Kier alpha value is -2.96. The van der Waals surface area contributed by atoms with Crippen molar-refractivity contribution >= 4 is 22.8 Å². The molecule has 0 bridgehead atoms. The molecule has 0 radical (unpaired) electrons. The van der Waals surface area contributed by atoms with Gasteiger partial charge in [0.25, 0.3) is 0 Å². The molecule has 2 aromatic heterocycles. The second kappa shape index (κ2) is 6.51. The van der Waals surface area contributed by atoms with Gasteiger partial charge in [-0.2, -0.15) is 5.10 Å². The minimum absolute atomic E-state index is 0.00410. The molecule has 7 heteroatoms. The number of nitrogens with two attached hydrogens (primary N) is 1. The maximum Gasteiger partial charge on any atom is 0.222 e. The molecule has 0 aliphatic heterocycles. The van der Waals surface area contributed by atoms with Crippen molar-refractivity contribution in [1.82, 2.24) is 19.7 Å². The minimum Gasteiger partial charge on any atom is -0.369 e. The van der Waals surface area contributed by atoms with Crippen LogP contribution in [0.5, 0.6) is 0 Å². The lowest BCUT2D eigenvalue weighted by atomic mass is 9.84. The summed E-state index contributed by atoms with van der Waals surface area (Å²) in [5.74, 6) is 0.288. The molecule has 0 spiro atoms. The maximum absolute atomic E-state index is 11.7. The van der Waals surface area contributed by atoms with Crippen LogP contribution in [0.2, 0.25) is 0 Å². The summed E-state index contributed by atoms with van der Waals surface area (Å²) in [6.45, 7) is 0. The molecule has 3 aromatic rings. The lowest BCUT2D eigenvalue weighted by molar-refractivity contribution is -0.122. The lowest BCUT2D eigenvalue weighted by Crippen LogP contribution is -2.40. The van der Waals surface area contributed by atoms with E-state index in [2.05, 4.69) is 20.4 Å². The van der Waals surface area contributed by atoms with Gasteiger partial charge >= 0.3 is 0 Å². The number of hydrogen-bond donors (Lipinski definition) is 2. The van der Waals surface area contributed by atoms with Gasteiger partial charge in [-0.1, -0.05) is 31.0 Å². The predicted octanol–water partition coefficient (Wildman–Crippen LogP) is 2.27. The maximum atomic E-state index is 11.7. The van der Waals surface area contributed by atoms with Crippen LogP contribution in [0.25, 0.3) is 16.7 Å². The van der Waals surface area contributed by atoms with Crippen LogP contribution in [-0.2, 0) is 4.79 Å². The topological polar surface area (TPSA) is 98.7 Å². The molecular formula is C18H20N6O. The summed E-state index contributed by atoms with van der Waals surface area (Å²) in [7, 11) is 0. The number of rotatable bonds is 4. The molecule has 25 heavy (non-hydrogen) atoms. The van der Waals surface area contributed by atoms with Gasteiger partial charge in [-0.05, 0) is 25.0 Å². The molecule has 1 aliphatic carbocycles.